The average Bonchev–Trinajstić information content (AvgIpc) is 2.82. The van der Waals surface area contributed by atoms with Crippen molar-refractivity contribution < 1.29 is 9.50 Å². The average molecular weight is 264 g/mol. The van der Waals surface area contributed by atoms with Crippen molar-refractivity contribution in [3.63, 3.8) is 0 Å². The van der Waals surface area contributed by atoms with Gasteiger partial charge in [-0.2, -0.15) is 0 Å². The van der Waals surface area contributed by atoms with Gasteiger partial charge < -0.3 is 15.3 Å². The molecule has 2 atom stereocenters. The van der Waals surface area contributed by atoms with Crippen LogP contribution in [0.15, 0.2) is 18.2 Å². The van der Waals surface area contributed by atoms with Gasteiger partial charge in [-0.1, -0.05) is 0 Å². The summed E-state index contributed by atoms with van der Waals surface area (Å²) in [6.45, 7) is 3.06. The molecule has 0 aromatic heterocycles. The summed E-state index contributed by atoms with van der Waals surface area (Å²) >= 11 is 0. The molecule has 2 fully saturated rings. The summed E-state index contributed by atoms with van der Waals surface area (Å²) in [6, 6.07) is 5.51. The van der Waals surface area contributed by atoms with E-state index >= 15 is 0 Å². The van der Waals surface area contributed by atoms with Crippen molar-refractivity contribution in [3.05, 3.63) is 29.6 Å². The summed E-state index contributed by atoms with van der Waals surface area (Å²) in [5, 5.41) is 12.9. The van der Waals surface area contributed by atoms with Crippen LogP contribution in [-0.2, 0) is 6.54 Å². The molecule has 1 aromatic rings. The second-order valence-electron chi connectivity index (χ2n) is 5.75. The smallest absolute Gasteiger partial charge is 0.127 e. The van der Waals surface area contributed by atoms with Crippen LogP contribution in [0, 0.1) is 5.82 Å². The first kappa shape index (κ1) is 12.9. The molecule has 1 aromatic carbocycles. The van der Waals surface area contributed by atoms with E-state index in [9.17, 15) is 9.50 Å². The maximum atomic E-state index is 13.2. The third-order valence-corrected chi connectivity index (χ3v) is 4.36. The second-order valence-corrected chi connectivity index (χ2v) is 5.75. The molecular formula is C15H21FN2O. The lowest BCUT2D eigenvalue weighted by atomic mass is 9.97. The lowest BCUT2D eigenvalue weighted by Crippen LogP contribution is -2.45. The van der Waals surface area contributed by atoms with Crippen LogP contribution in [0.3, 0.4) is 0 Å². The number of nitrogens with one attached hydrogen (secondary N) is 1. The maximum Gasteiger partial charge on any atom is 0.127 e. The molecule has 2 heterocycles. The van der Waals surface area contributed by atoms with Crippen LogP contribution >= 0.6 is 0 Å². The lowest BCUT2D eigenvalue weighted by molar-refractivity contribution is 0.166. The molecule has 0 aliphatic carbocycles. The molecule has 0 saturated carbocycles. The Bertz CT molecular complexity index is 432. The van der Waals surface area contributed by atoms with E-state index in [1.807, 2.05) is 0 Å². The zero-order chi connectivity index (χ0) is 13.2. The van der Waals surface area contributed by atoms with Gasteiger partial charge in [0.2, 0.25) is 0 Å². The summed E-state index contributed by atoms with van der Waals surface area (Å²) in [7, 11) is 0. The standard InChI is InChI=1S/C15H21FN2O/c16-12-6-11(7-15(19)8-12)10-17-13-3-5-18-4-1-2-14(18)9-13/h6-8,13-14,17,19H,1-5,9-10H2. The van der Waals surface area contributed by atoms with E-state index in [4.69, 9.17) is 0 Å². The fourth-order valence-electron chi connectivity index (χ4n) is 3.41. The first-order valence-electron chi connectivity index (χ1n) is 7.16. The predicted octanol–water partition coefficient (Wildman–Crippen LogP) is 2.25. The Kier molecular flexibility index (Phi) is 3.71. The number of phenolic OH excluding ortho intramolecular Hbond substituents is 1. The summed E-state index contributed by atoms with van der Waals surface area (Å²) in [6.07, 6.45) is 5.01. The molecule has 0 bridgehead atoms. The highest BCUT2D eigenvalue weighted by atomic mass is 19.1. The number of fused-ring (bicyclic) bond motifs is 1. The van der Waals surface area contributed by atoms with Gasteiger partial charge >= 0.3 is 0 Å². The lowest BCUT2D eigenvalue weighted by Gasteiger charge is -2.35. The fourth-order valence-corrected chi connectivity index (χ4v) is 3.41. The minimum absolute atomic E-state index is 0.00223. The Morgan fingerprint density at radius 1 is 1.26 bits per heavy atom. The molecule has 2 unspecified atom stereocenters. The number of aromatic hydroxyl groups is 1. The van der Waals surface area contributed by atoms with Crippen molar-refractivity contribution in [1.29, 1.82) is 0 Å². The Balaban J connectivity index is 1.54. The van der Waals surface area contributed by atoms with Crippen LogP contribution in [0.4, 0.5) is 4.39 Å². The molecule has 2 N–H and O–H groups in total. The molecule has 2 aliphatic rings. The Morgan fingerprint density at radius 3 is 3.00 bits per heavy atom. The third kappa shape index (κ3) is 3.07. The minimum atomic E-state index is -0.373. The monoisotopic (exact) mass is 264 g/mol. The number of hydrogen-bond donors (Lipinski definition) is 2. The highest BCUT2D eigenvalue weighted by molar-refractivity contribution is 5.28. The Morgan fingerprint density at radius 2 is 2.16 bits per heavy atom. The minimum Gasteiger partial charge on any atom is -0.508 e. The fraction of sp³-hybridized carbons (Fsp3) is 0.600. The van der Waals surface area contributed by atoms with Gasteiger partial charge in [-0.15, -0.1) is 0 Å². The largest absolute Gasteiger partial charge is 0.508 e. The molecule has 3 rings (SSSR count). The van der Waals surface area contributed by atoms with Gasteiger partial charge in [0.05, 0.1) is 0 Å². The molecule has 0 amide bonds. The highest BCUT2D eigenvalue weighted by Crippen LogP contribution is 2.27. The molecular weight excluding hydrogens is 243 g/mol. The molecule has 3 nitrogen and oxygen atoms in total. The van der Waals surface area contributed by atoms with Gasteiger partial charge in [0.1, 0.15) is 11.6 Å². The zero-order valence-electron chi connectivity index (χ0n) is 11.1. The van der Waals surface area contributed by atoms with E-state index in [1.54, 1.807) is 6.07 Å². The van der Waals surface area contributed by atoms with Crippen LogP contribution in [0.2, 0.25) is 0 Å². The SMILES string of the molecule is Oc1cc(F)cc(CNC2CCN3CCCC3C2)c1. The van der Waals surface area contributed by atoms with Crippen LogP contribution in [0.1, 0.15) is 31.2 Å². The van der Waals surface area contributed by atoms with E-state index < -0.39 is 0 Å². The number of rotatable bonds is 3. The van der Waals surface area contributed by atoms with Crippen molar-refractivity contribution >= 4 is 0 Å². The Hall–Kier alpha value is -1.13. The number of phenols is 1. The van der Waals surface area contributed by atoms with Crippen molar-refractivity contribution in [2.24, 2.45) is 0 Å². The molecule has 0 radical (unpaired) electrons. The molecule has 4 heteroatoms. The highest BCUT2D eigenvalue weighted by Gasteiger charge is 2.31. The van der Waals surface area contributed by atoms with Gasteiger partial charge in [-0.05, 0) is 56.5 Å². The summed E-state index contributed by atoms with van der Waals surface area (Å²) in [4.78, 5) is 2.59. The quantitative estimate of drug-likeness (QED) is 0.879. The van der Waals surface area contributed by atoms with Gasteiger partial charge in [0, 0.05) is 24.7 Å². The third-order valence-electron chi connectivity index (χ3n) is 4.36. The predicted molar refractivity (Wildman–Crippen MR) is 72.5 cm³/mol. The van der Waals surface area contributed by atoms with E-state index in [1.165, 1.54) is 38.4 Å². The summed E-state index contributed by atoms with van der Waals surface area (Å²) in [5.41, 5.74) is 0.811. The first-order chi connectivity index (χ1) is 9.20. The van der Waals surface area contributed by atoms with Crippen LogP contribution in [-0.4, -0.2) is 35.2 Å². The van der Waals surface area contributed by atoms with E-state index in [2.05, 4.69) is 10.2 Å². The van der Waals surface area contributed by atoms with Crippen molar-refractivity contribution in [3.8, 4) is 5.75 Å². The Labute approximate surface area is 113 Å². The number of nitrogens with zero attached hydrogens (tertiary/aromatic N) is 1. The summed E-state index contributed by atoms with van der Waals surface area (Å²) in [5.74, 6) is -0.371. The maximum absolute atomic E-state index is 13.2. The van der Waals surface area contributed by atoms with E-state index in [-0.39, 0.29) is 11.6 Å². The van der Waals surface area contributed by atoms with Gasteiger partial charge in [0.25, 0.3) is 0 Å². The molecule has 2 aliphatic heterocycles. The topological polar surface area (TPSA) is 35.5 Å². The van der Waals surface area contributed by atoms with E-state index in [0.717, 1.165) is 24.1 Å². The van der Waals surface area contributed by atoms with Gasteiger partial charge in [0.15, 0.2) is 0 Å². The molecule has 104 valence electrons. The first-order valence-corrected chi connectivity index (χ1v) is 7.16. The van der Waals surface area contributed by atoms with Crippen molar-refractivity contribution in [2.45, 2.75) is 44.3 Å². The van der Waals surface area contributed by atoms with Crippen LogP contribution in [0.25, 0.3) is 0 Å². The van der Waals surface area contributed by atoms with Gasteiger partial charge in [-0.25, -0.2) is 4.39 Å². The second kappa shape index (κ2) is 5.47. The normalized spacial score (nSPS) is 27.4. The number of piperidine rings is 1. The molecule has 19 heavy (non-hydrogen) atoms. The van der Waals surface area contributed by atoms with Crippen molar-refractivity contribution in [2.75, 3.05) is 13.1 Å². The zero-order valence-corrected chi connectivity index (χ0v) is 11.1. The van der Waals surface area contributed by atoms with Crippen molar-refractivity contribution in [1.82, 2.24) is 10.2 Å². The molecule has 0 spiro atoms. The number of benzene rings is 1. The molecule has 2 saturated heterocycles. The number of hydrogen-bond acceptors (Lipinski definition) is 3. The van der Waals surface area contributed by atoms with Gasteiger partial charge in [-0.3, -0.25) is 0 Å². The van der Waals surface area contributed by atoms with Crippen LogP contribution < -0.4 is 5.32 Å². The number of halogens is 1. The van der Waals surface area contributed by atoms with E-state index in [0.29, 0.717) is 12.6 Å². The van der Waals surface area contributed by atoms with Crippen LogP contribution in [0.5, 0.6) is 5.75 Å². The summed E-state index contributed by atoms with van der Waals surface area (Å²) < 4.78 is 13.2.